The molecule has 0 amide bonds. The second-order valence-corrected chi connectivity index (χ2v) is 2.77. The summed E-state index contributed by atoms with van der Waals surface area (Å²) in [7, 11) is 0. The summed E-state index contributed by atoms with van der Waals surface area (Å²) in [5.41, 5.74) is 2.02. The smallest absolute Gasteiger partial charge is 0.404 e. The number of alkyl halides is 3. The number of hydrogen-bond acceptors (Lipinski definition) is 3. The first-order valence-corrected chi connectivity index (χ1v) is 3.82. The van der Waals surface area contributed by atoms with Gasteiger partial charge < -0.3 is 10.2 Å². The fraction of sp³-hybridized carbons (Fsp3) is 0.143. The number of benzene rings is 1. The van der Waals surface area contributed by atoms with Gasteiger partial charge in [-0.05, 0) is 18.2 Å². The van der Waals surface area contributed by atoms with Gasteiger partial charge in [0, 0.05) is 5.02 Å². The van der Waals surface area contributed by atoms with Crippen LogP contribution in [0.3, 0.4) is 0 Å². The summed E-state index contributed by atoms with van der Waals surface area (Å²) < 4.78 is 39.2. The molecule has 0 bridgehead atoms. The first kappa shape index (κ1) is 14.2. The topological polar surface area (TPSA) is 47.3 Å². The van der Waals surface area contributed by atoms with Gasteiger partial charge in [-0.2, -0.15) is 0 Å². The summed E-state index contributed by atoms with van der Waals surface area (Å²) >= 11 is 5.53. The van der Waals surface area contributed by atoms with Crippen molar-refractivity contribution in [2.24, 2.45) is 5.84 Å². The third kappa shape index (κ3) is 4.46. The van der Waals surface area contributed by atoms with Gasteiger partial charge in [0.25, 0.3) is 0 Å². The van der Waals surface area contributed by atoms with E-state index in [0.717, 1.165) is 6.07 Å². The number of halogens is 5. The first-order valence-electron chi connectivity index (χ1n) is 3.44. The van der Waals surface area contributed by atoms with E-state index in [1.165, 1.54) is 12.1 Å². The van der Waals surface area contributed by atoms with Crippen molar-refractivity contribution in [3.63, 3.8) is 0 Å². The van der Waals surface area contributed by atoms with Gasteiger partial charge in [-0.3, -0.25) is 5.84 Å². The van der Waals surface area contributed by atoms with Gasteiger partial charge in [0.2, 0.25) is 0 Å². The molecule has 1 aromatic rings. The molecule has 0 aliphatic carbocycles. The molecule has 0 fully saturated rings. The van der Waals surface area contributed by atoms with E-state index in [9.17, 15) is 13.2 Å². The summed E-state index contributed by atoms with van der Waals surface area (Å²) in [6, 6.07) is 3.57. The predicted octanol–water partition coefficient (Wildman–Crippen LogP) is 2.95. The average Bonchev–Trinajstić information content (AvgIpc) is 2.06. The van der Waals surface area contributed by atoms with Crippen molar-refractivity contribution in [2.75, 3.05) is 5.43 Å². The zero-order valence-corrected chi connectivity index (χ0v) is 8.71. The number of nitrogens with one attached hydrogen (secondary N) is 1. The molecular weight excluding hydrogens is 256 g/mol. The number of hydrazine groups is 1. The Hall–Kier alpha value is -0.850. The number of hydrogen-bond donors (Lipinski definition) is 2. The fourth-order valence-electron chi connectivity index (χ4n) is 0.829. The minimum Gasteiger partial charge on any atom is -0.404 e. The van der Waals surface area contributed by atoms with Crippen molar-refractivity contribution < 1.29 is 17.9 Å². The molecule has 1 rings (SSSR count). The maximum atomic E-state index is 11.8. The fourth-order valence-corrected chi connectivity index (χ4v) is 1.00. The molecule has 0 saturated heterocycles. The minimum absolute atomic E-state index is 0. The van der Waals surface area contributed by atoms with E-state index in [2.05, 4.69) is 4.74 Å². The summed E-state index contributed by atoms with van der Waals surface area (Å²) in [6.07, 6.45) is -4.75. The van der Waals surface area contributed by atoms with Crippen molar-refractivity contribution in [1.82, 2.24) is 0 Å². The first-order chi connectivity index (χ1) is 6.42. The van der Waals surface area contributed by atoms with Crippen LogP contribution in [0, 0.1) is 0 Å². The van der Waals surface area contributed by atoms with Crippen LogP contribution in [0.4, 0.5) is 18.9 Å². The van der Waals surface area contributed by atoms with Gasteiger partial charge >= 0.3 is 6.36 Å². The Morgan fingerprint density at radius 1 is 1.33 bits per heavy atom. The van der Waals surface area contributed by atoms with E-state index in [-0.39, 0.29) is 23.1 Å². The molecule has 0 atom stereocenters. The monoisotopic (exact) mass is 262 g/mol. The lowest BCUT2D eigenvalue weighted by atomic mass is 10.3. The number of anilines is 1. The molecule has 86 valence electrons. The lowest BCUT2D eigenvalue weighted by molar-refractivity contribution is -0.274. The van der Waals surface area contributed by atoms with Crippen LogP contribution in [0.2, 0.25) is 5.02 Å². The van der Waals surface area contributed by atoms with Crippen LogP contribution in [0.25, 0.3) is 0 Å². The van der Waals surface area contributed by atoms with Crippen LogP contribution in [0.15, 0.2) is 18.2 Å². The largest absolute Gasteiger partial charge is 0.573 e. The Balaban J connectivity index is 0.00000196. The van der Waals surface area contributed by atoms with Crippen molar-refractivity contribution in [3.05, 3.63) is 23.2 Å². The van der Waals surface area contributed by atoms with Crippen LogP contribution in [0.1, 0.15) is 0 Å². The third-order valence-corrected chi connectivity index (χ3v) is 1.56. The number of nitrogens with two attached hydrogens (primary N) is 1. The summed E-state index contributed by atoms with van der Waals surface area (Å²) in [5, 5.41) is 0.257. The van der Waals surface area contributed by atoms with Crippen LogP contribution in [-0.2, 0) is 0 Å². The Morgan fingerprint density at radius 2 is 1.93 bits per heavy atom. The van der Waals surface area contributed by atoms with E-state index in [1.54, 1.807) is 0 Å². The average molecular weight is 263 g/mol. The van der Waals surface area contributed by atoms with Gasteiger partial charge in [-0.25, -0.2) is 0 Å². The lowest BCUT2D eigenvalue weighted by Gasteiger charge is -2.12. The molecule has 0 saturated carbocycles. The number of rotatable bonds is 2. The highest BCUT2D eigenvalue weighted by atomic mass is 35.5. The van der Waals surface area contributed by atoms with Gasteiger partial charge in [0.05, 0.1) is 5.69 Å². The Kier molecular flexibility index (Phi) is 4.99. The molecule has 3 nitrogen and oxygen atoms in total. The zero-order chi connectivity index (χ0) is 10.8. The molecule has 0 radical (unpaired) electrons. The zero-order valence-electron chi connectivity index (χ0n) is 7.14. The van der Waals surface area contributed by atoms with Gasteiger partial charge in [0.1, 0.15) is 0 Å². The van der Waals surface area contributed by atoms with E-state index in [4.69, 9.17) is 17.4 Å². The Morgan fingerprint density at radius 3 is 2.40 bits per heavy atom. The molecule has 0 spiro atoms. The lowest BCUT2D eigenvalue weighted by Crippen LogP contribution is -2.19. The van der Waals surface area contributed by atoms with Crippen LogP contribution < -0.4 is 16.0 Å². The maximum Gasteiger partial charge on any atom is 0.573 e. The summed E-state index contributed by atoms with van der Waals surface area (Å²) in [6.45, 7) is 0. The number of ether oxygens (including phenoxy) is 1. The van der Waals surface area contributed by atoms with Crippen molar-refractivity contribution in [1.29, 1.82) is 0 Å². The Bertz CT molecular complexity index is 333. The third-order valence-electron chi connectivity index (χ3n) is 1.32. The van der Waals surface area contributed by atoms with Crippen molar-refractivity contribution in [3.8, 4) is 5.75 Å². The molecule has 0 unspecified atom stereocenters. The summed E-state index contributed by atoms with van der Waals surface area (Å²) in [4.78, 5) is 0. The van der Waals surface area contributed by atoms with E-state index in [1.807, 2.05) is 5.43 Å². The number of nitrogen functional groups attached to an aromatic ring is 1. The highest BCUT2D eigenvalue weighted by Crippen LogP contribution is 2.31. The molecule has 3 N–H and O–H groups in total. The molecule has 0 heterocycles. The van der Waals surface area contributed by atoms with Crippen LogP contribution in [-0.4, -0.2) is 6.36 Å². The Labute approximate surface area is 94.7 Å². The molecule has 1 aromatic carbocycles. The van der Waals surface area contributed by atoms with Crippen LogP contribution >= 0.6 is 24.0 Å². The molecular formula is C7H7Cl2F3N2O. The highest BCUT2D eigenvalue weighted by molar-refractivity contribution is 6.30. The quantitative estimate of drug-likeness (QED) is 0.637. The van der Waals surface area contributed by atoms with Gasteiger partial charge in [-0.1, -0.05) is 11.6 Å². The maximum absolute atomic E-state index is 11.8. The summed E-state index contributed by atoms with van der Waals surface area (Å²) in [5.74, 6) is 4.56. The van der Waals surface area contributed by atoms with Crippen molar-refractivity contribution in [2.45, 2.75) is 6.36 Å². The van der Waals surface area contributed by atoms with E-state index in [0.29, 0.717) is 0 Å². The standard InChI is InChI=1S/C7H6ClF3N2O.ClH/c8-4-1-2-6(5(3-4)13-12)14-7(9,10)11;/h1-3,13H,12H2;1H. The minimum atomic E-state index is -4.75. The predicted molar refractivity (Wildman–Crippen MR) is 53.2 cm³/mol. The van der Waals surface area contributed by atoms with E-state index >= 15 is 0 Å². The van der Waals surface area contributed by atoms with E-state index < -0.39 is 12.1 Å². The molecule has 15 heavy (non-hydrogen) atoms. The van der Waals surface area contributed by atoms with Crippen LogP contribution in [0.5, 0.6) is 5.75 Å². The molecule has 0 aliphatic heterocycles. The second kappa shape index (κ2) is 5.29. The van der Waals surface area contributed by atoms with Crippen molar-refractivity contribution >= 4 is 29.7 Å². The SMILES string of the molecule is Cl.NNc1cc(Cl)ccc1OC(F)(F)F. The molecule has 0 aromatic heterocycles. The normalized spacial score (nSPS) is 10.5. The second-order valence-electron chi connectivity index (χ2n) is 2.33. The van der Waals surface area contributed by atoms with Gasteiger partial charge in [0.15, 0.2) is 5.75 Å². The molecule has 8 heteroatoms. The van der Waals surface area contributed by atoms with Gasteiger partial charge in [-0.15, -0.1) is 25.6 Å². The highest BCUT2D eigenvalue weighted by Gasteiger charge is 2.32. The molecule has 0 aliphatic rings.